The van der Waals surface area contributed by atoms with Crippen LogP contribution in [0, 0.1) is 23.2 Å². The lowest BCUT2D eigenvalue weighted by Crippen LogP contribution is -2.52. The molecule has 5 rings (SSSR count). The third-order valence-corrected chi connectivity index (χ3v) is 6.87. The van der Waals surface area contributed by atoms with Crippen LogP contribution in [-0.2, 0) is 16.1 Å². The van der Waals surface area contributed by atoms with E-state index in [0.29, 0.717) is 29.9 Å². The smallest absolute Gasteiger partial charge is 0.338 e. The van der Waals surface area contributed by atoms with Gasteiger partial charge in [-0.05, 0) is 80.9 Å². The Morgan fingerprint density at radius 3 is 2.11 bits per heavy atom. The molecule has 28 heavy (non-hydrogen) atoms. The van der Waals surface area contributed by atoms with Crippen molar-refractivity contribution in [2.24, 2.45) is 28.9 Å². The van der Waals surface area contributed by atoms with Crippen molar-refractivity contribution < 1.29 is 19.1 Å². The fraction of sp³-hybridized carbons (Fsp3) is 0.591. The Kier molecular flexibility index (Phi) is 4.89. The molecule has 1 aromatic carbocycles. The monoisotopic (exact) mass is 384 g/mol. The number of hydrogen-bond acceptors (Lipinski definition) is 4. The van der Waals surface area contributed by atoms with Gasteiger partial charge in [0.05, 0.1) is 5.56 Å². The first kappa shape index (κ1) is 19.0. The van der Waals surface area contributed by atoms with Gasteiger partial charge in [0.25, 0.3) is 0 Å². The van der Waals surface area contributed by atoms with Crippen molar-refractivity contribution >= 4 is 17.8 Å². The fourth-order valence-corrected chi connectivity index (χ4v) is 6.07. The van der Waals surface area contributed by atoms with Gasteiger partial charge >= 0.3 is 12.0 Å². The number of ketones is 1. The van der Waals surface area contributed by atoms with Gasteiger partial charge in [-0.15, -0.1) is 0 Å². The summed E-state index contributed by atoms with van der Waals surface area (Å²) in [4.78, 5) is 36.5. The number of carbonyl (C=O) groups is 3. The highest BCUT2D eigenvalue weighted by Gasteiger charge is 2.55. The van der Waals surface area contributed by atoms with Gasteiger partial charge in [-0.2, -0.15) is 0 Å². The molecule has 3 N–H and O–H groups in total. The summed E-state index contributed by atoms with van der Waals surface area (Å²) in [7, 11) is 0. The van der Waals surface area contributed by atoms with Gasteiger partial charge in [-0.3, -0.25) is 4.79 Å². The Bertz CT molecular complexity index is 751. The number of carbonyl (C=O) groups excluding carboxylic acids is 3. The molecule has 6 heteroatoms. The van der Waals surface area contributed by atoms with Crippen LogP contribution >= 0.6 is 0 Å². The highest BCUT2D eigenvalue weighted by Crippen LogP contribution is 2.60. The van der Waals surface area contributed by atoms with Crippen molar-refractivity contribution in [1.29, 1.82) is 0 Å². The maximum Gasteiger partial charge on any atom is 0.338 e. The maximum absolute atomic E-state index is 13.2. The van der Waals surface area contributed by atoms with Crippen LogP contribution < -0.4 is 11.1 Å². The summed E-state index contributed by atoms with van der Waals surface area (Å²) in [5.74, 6) is 1.67. The summed E-state index contributed by atoms with van der Waals surface area (Å²) < 4.78 is 5.55. The quantitative estimate of drug-likeness (QED) is 0.736. The molecule has 6 nitrogen and oxygen atoms in total. The number of nitrogens with two attached hydrogens (primary N) is 1. The summed E-state index contributed by atoms with van der Waals surface area (Å²) in [6.07, 6.45) is 6.02. The minimum Gasteiger partial charge on any atom is -0.451 e. The highest BCUT2D eigenvalue weighted by molar-refractivity contribution is 5.94. The molecule has 2 amide bonds. The Hall–Kier alpha value is -2.37. The van der Waals surface area contributed by atoms with E-state index in [1.54, 1.807) is 31.2 Å². The molecule has 4 fully saturated rings. The summed E-state index contributed by atoms with van der Waals surface area (Å²) in [6.45, 7) is 2.01. The predicted octanol–water partition coefficient (Wildman–Crippen LogP) is 3.19. The molecule has 0 aliphatic heterocycles. The van der Waals surface area contributed by atoms with E-state index in [4.69, 9.17) is 10.5 Å². The van der Waals surface area contributed by atoms with Crippen molar-refractivity contribution in [2.45, 2.75) is 58.1 Å². The second-order valence-corrected chi connectivity index (χ2v) is 9.02. The molecule has 4 saturated carbocycles. The fourth-order valence-electron chi connectivity index (χ4n) is 6.07. The van der Waals surface area contributed by atoms with Gasteiger partial charge in [-0.1, -0.05) is 12.1 Å². The number of hydrogen-bond donors (Lipinski definition) is 2. The van der Waals surface area contributed by atoms with Crippen LogP contribution in [0.5, 0.6) is 0 Å². The molecule has 150 valence electrons. The number of amides is 2. The number of benzene rings is 1. The minimum absolute atomic E-state index is 0.113. The third-order valence-electron chi connectivity index (χ3n) is 6.87. The molecule has 4 aliphatic rings. The van der Waals surface area contributed by atoms with Gasteiger partial charge in [0, 0.05) is 12.0 Å². The predicted molar refractivity (Wildman–Crippen MR) is 103 cm³/mol. The number of primary amides is 1. The van der Waals surface area contributed by atoms with Crippen LogP contribution in [0.4, 0.5) is 4.79 Å². The van der Waals surface area contributed by atoms with Gasteiger partial charge in [-0.25, -0.2) is 9.59 Å². The molecule has 0 heterocycles. The Balaban J connectivity index is 1.38. The van der Waals surface area contributed by atoms with Crippen LogP contribution in [0.25, 0.3) is 0 Å². The average Bonchev–Trinajstić information content (AvgIpc) is 2.65. The van der Waals surface area contributed by atoms with Crippen molar-refractivity contribution in [3.8, 4) is 0 Å². The Morgan fingerprint density at radius 1 is 1.07 bits per heavy atom. The zero-order chi connectivity index (χ0) is 19.9. The minimum atomic E-state index is -0.722. The zero-order valence-corrected chi connectivity index (χ0v) is 16.3. The van der Waals surface area contributed by atoms with E-state index in [2.05, 4.69) is 5.32 Å². The van der Waals surface area contributed by atoms with Crippen molar-refractivity contribution in [2.75, 3.05) is 0 Å². The number of nitrogens with one attached hydrogen (secondary N) is 1. The lowest BCUT2D eigenvalue weighted by atomic mass is 9.48. The number of Topliss-reactive ketones (excluding diaryl/α,β-unsaturated/α-hetero) is 1. The highest BCUT2D eigenvalue weighted by atomic mass is 16.5. The first-order valence-electron chi connectivity index (χ1n) is 10.2. The number of urea groups is 1. The van der Waals surface area contributed by atoms with Crippen LogP contribution in [0.3, 0.4) is 0 Å². The first-order valence-corrected chi connectivity index (χ1v) is 10.2. The van der Waals surface area contributed by atoms with E-state index in [9.17, 15) is 14.4 Å². The molecule has 4 aliphatic carbocycles. The Labute approximate surface area is 165 Å². The third kappa shape index (κ3) is 3.64. The SMILES string of the molecule is C[C@@H](OC(=O)c1ccc(CNC(N)=O)cc1)C(=O)C12CC3CC(CC(C3)C1)C2. The number of rotatable bonds is 6. The summed E-state index contributed by atoms with van der Waals surface area (Å²) in [5, 5.41) is 2.50. The van der Waals surface area contributed by atoms with Gasteiger partial charge in [0.2, 0.25) is 0 Å². The molecular formula is C22H28N2O4. The molecule has 0 unspecified atom stereocenters. The van der Waals surface area contributed by atoms with Crippen LogP contribution in [-0.4, -0.2) is 23.9 Å². The molecule has 0 spiro atoms. The van der Waals surface area contributed by atoms with Crippen LogP contribution in [0.1, 0.15) is 61.4 Å². The molecule has 1 aromatic rings. The van der Waals surface area contributed by atoms with E-state index in [-0.39, 0.29) is 11.2 Å². The second-order valence-electron chi connectivity index (χ2n) is 9.02. The van der Waals surface area contributed by atoms with E-state index in [0.717, 1.165) is 24.8 Å². The van der Waals surface area contributed by atoms with Gasteiger partial charge in [0.15, 0.2) is 11.9 Å². The summed E-state index contributed by atoms with van der Waals surface area (Å²) in [6, 6.07) is 6.15. The lowest BCUT2D eigenvalue weighted by Gasteiger charge is -2.56. The topological polar surface area (TPSA) is 98.5 Å². The molecule has 0 aromatic heterocycles. The van der Waals surface area contributed by atoms with E-state index < -0.39 is 18.1 Å². The number of esters is 1. The second kappa shape index (κ2) is 7.22. The standard InChI is InChI=1S/C22H28N2O4/c1-13(19(25)22-9-15-6-16(10-22)8-17(7-15)11-22)28-20(26)18-4-2-14(3-5-18)12-24-21(23)27/h2-5,13,15-17H,6-12H2,1H3,(H3,23,24,27)/t13-,15?,16?,17?,22?/m1/s1. The van der Waals surface area contributed by atoms with Crippen molar-refractivity contribution in [3.05, 3.63) is 35.4 Å². The van der Waals surface area contributed by atoms with Crippen molar-refractivity contribution in [3.63, 3.8) is 0 Å². The first-order chi connectivity index (χ1) is 13.3. The molecule has 1 atom stereocenters. The molecular weight excluding hydrogens is 356 g/mol. The number of ether oxygens (including phenoxy) is 1. The van der Waals surface area contributed by atoms with E-state index in [1.165, 1.54) is 19.3 Å². The van der Waals surface area contributed by atoms with Crippen molar-refractivity contribution in [1.82, 2.24) is 5.32 Å². The normalized spacial score (nSPS) is 31.2. The van der Waals surface area contributed by atoms with Crippen LogP contribution in [0.15, 0.2) is 24.3 Å². The molecule has 0 saturated heterocycles. The van der Waals surface area contributed by atoms with E-state index in [1.807, 2.05) is 0 Å². The molecule has 0 radical (unpaired) electrons. The largest absolute Gasteiger partial charge is 0.451 e. The lowest BCUT2D eigenvalue weighted by molar-refractivity contribution is -0.152. The average molecular weight is 384 g/mol. The summed E-state index contributed by atoms with van der Waals surface area (Å²) in [5.41, 5.74) is 6.01. The zero-order valence-electron chi connectivity index (χ0n) is 16.3. The van der Waals surface area contributed by atoms with Gasteiger partial charge < -0.3 is 15.8 Å². The van der Waals surface area contributed by atoms with Crippen LogP contribution in [0.2, 0.25) is 0 Å². The molecule has 4 bridgehead atoms. The van der Waals surface area contributed by atoms with Gasteiger partial charge in [0.1, 0.15) is 0 Å². The summed E-state index contributed by atoms with van der Waals surface area (Å²) >= 11 is 0. The Morgan fingerprint density at radius 2 is 1.61 bits per heavy atom. The van der Waals surface area contributed by atoms with E-state index >= 15 is 0 Å². The maximum atomic E-state index is 13.2.